The Morgan fingerprint density at radius 2 is 2.10 bits per heavy atom. The fourth-order valence-corrected chi connectivity index (χ4v) is 3.75. The van der Waals surface area contributed by atoms with Crippen LogP contribution in [0.4, 0.5) is 0 Å². The van der Waals surface area contributed by atoms with E-state index in [-0.39, 0.29) is 6.10 Å². The average Bonchev–Trinajstić information content (AvgIpc) is 3.13. The van der Waals surface area contributed by atoms with Gasteiger partial charge in [-0.3, -0.25) is 0 Å². The molecule has 0 fully saturated rings. The van der Waals surface area contributed by atoms with Gasteiger partial charge < -0.3 is 10.1 Å². The zero-order chi connectivity index (χ0) is 13.8. The van der Waals surface area contributed by atoms with Gasteiger partial charge in [-0.2, -0.15) is 0 Å². The van der Waals surface area contributed by atoms with E-state index >= 15 is 0 Å². The van der Waals surface area contributed by atoms with Crippen LogP contribution in [0.1, 0.15) is 17.4 Å². The number of thiophene rings is 2. The smallest absolute Gasteiger partial charge is 0.134 e. The van der Waals surface area contributed by atoms with Crippen LogP contribution in [-0.2, 0) is 0 Å². The molecule has 1 atom stereocenters. The predicted molar refractivity (Wildman–Crippen MR) is 88.1 cm³/mol. The van der Waals surface area contributed by atoms with Crippen LogP contribution in [0, 0.1) is 0 Å². The monoisotopic (exact) mass is 303 g/mol. The van der Waals surface area contributed by atoms with E-state index < -0.39 is 0 Å². The lowest BCUT2D eigenvalue weighted by Gasteiger charge is -2.18. The predicted octanol–water partition coefficient (Wildman–Crippen LogP) is 4.69. The fourth-order valence-electron chi connectivity index (χ4n) is 2.19. The molecule has 0 unspecified atom stereocenters. The van der Waals surface area contributed by atoms with Crippen LogP contribution in [0.3, 0.4) is 0 Å². The SMILES string of the molecule is CNCC[C@H](Oc1ccc2sccc2c1)c1cccs1. The second kappa shape index (κ2) is 6.39. The van der Waals surface area contributed by atoms with Gasteiger partial charge in [-0.05, 0) is 60.1 Å². The summed E-state index contributed by atoms with van der Waals surface area (Å²) in [5, 5.41) is 8.67. The third-order valence-corrected chi connectivity index (χ3v) is 5.08. The molecule has 3 rings (SSSR count). The minimum atomic E-state index is 0.124. The quantitative estimate of drug-likeness (QED) is 0.713. The summed E-state index contributed by atoms with van der Waals surface area (Å²) in [6.45, 7) is 0.948. The van der Waals surface area contributed by atoms with Crippen LogP contribution in [0.5, 0.6) is 5.75 Å². The number of hydrogen-bond acceptors (Lipinski definition) is 4. The summed E-state index contributed by atoms with van der Waals surface area (Å²) in [7, 11) is 1.98. The highest BCUT2D eigenvalue weighted by atomic mass is 32.1. The first-order valence-corrected chi connectivity index (χ1v) is 8.44. The summed E-state index contributed by atoms with van der Waals surface area (Å²) in [6.07, 6.45) is 1.09. The lowest BCUT2D eigenvalue weighted by atomic mass is 10.2. The summed E-state index contributed by atoms with van der Waals surface area (Å²) in [5.41, 5.74) is 0. The number of benzene rings is 1. The first-order chi connectivity index (χ1) is 9.86. The maximum Gasteiger partial charge on any atom is 0.134 e. The highest BCUT2D eigenvalue weighted by Gasteiger charge is 2.14. The lowest BCUT2D eigenvalue weighted by Crippen LogP contribution is -2.15. The highest BCUT2D eigenvalue weighted by molar-refractivity contribution is 7.17. The zero-order valence-electron chi connectivity index (χ0n) is 11.3. The van der Waals surface area contributed by atoms with Crippen LogP contribution >= 0.6 is 22.7 Å². The van der Waals surface area contributed by atoms with Crippen LogP contribution in [0.15, 0.2) is 47.2 Å². The van der Waals surface area contributed by atoms with Gasteiger partial charge in [0.1, 0.15) is 11.9 Å². The number of rotatable bonds is 6. The van der Waals surface area contributed by atoms with Crippen LogP contribution in [-0.4, -0.2) is 13.6 Å². The lowest BCUT2D eigenvalue weighted by molar-refractivity contribution is 0.199. The Labute approximate surface area is 127 Å². The van der Waals surface area contributed by atoms with Crippen molar-refractivity contribution in [3.8, 4) is 5.75 Å². The molecule has 0 radical (unpaired) electrons. The van der Waals surface area contributed by atoms with Crippen molar-refractivity contribution in [1.29, 1.82) is 0 Å². The van der Waals surface area contributed by atoms with E-state index in [1.807, 2.05) is 7.05 Å². The summed E-state index contributed by atoms with van der Waals surface area (Å²) >= 11 is 3.52. The molecule has 3 aromatic rings. The third-order valence-electron chi connectivity index (χ3n) is 3.22. The number of fused-ring (bicyclic) bond motifs is 1. The molecule has 2 aromatic heterocycles. The zero-order valence-corrected chi connectivity index (χ0v) is 13.0. The Morgan fingerprint density at radius 3 is 2.90 bits per heavy atom. The number of hydrogen-bond donors (Lipinski definition) is 1. The Balaban J connectivity index is 1.81. The molecule has 2 heterocycles. The van der Waals surface area contributed by atoms with E-state index in [1.165, 1.54) is 15.0 Å². The molecule has 104 valence electrons. The second-order valence-corrected chi connectivity index (χ2v) is 6.56. The van der Waals surface area contributed by atoms with Gasteiger partial charge in [0.15, 0.2) is 0 Å². The van der Waals surface area contributed by atoms with Crippen molar-refractivity contribution in [2.24, 2.45) is 0 Å². The fraction of sp³-hybridized carbons (Fsp3) is 0.250. The van der Waals surface area contributed by atoms with Gasteiger partial charge in [0.2, 0.25) is 0 Å². The molecule has 0 aliphatic carbocycles. The number of ether oxygens (including phenoxy) is 1. The topological polar surface area (TPSA) is 21.3 Å². The van der Waals surface area contributed by atoms with E-state index in [9.17, 15) is 0 Å². The molecule has 0 bridgehead atoms. The summed E-state index contributed by atoms with van der Waals surface area (Å²) in [6, 6.07) is 12.7. The molecule has 1 N–H and O–H groups in total. The van der Waals surface area contributed by atoms with Crippen molar-refractivity contribution < 1.29 is 4.74 Å². The Kier molecular flexibility index (Phi) is 4.35. The van der Waals surface area contributed by atoms with E-state index in [1.54, 1.807) is 22.7 Å². The van der Waals surface area contributed by atoms with Crippen molar-refractivity contribution in [3.63, 3.8) is 0 Å². The summed E-state index contributed by atoms with van der Waals surface area (Å²) < 4.78 is 7.52. The molecule has 0 amide bonds. The van der Waals surface area contributed by atoms with Crippen LogP contribution < -0.4 is 10.1 Å². The molecule has 1 aromatic carbocycles. The second-order valence-electron chi connectivity index (χ2n) is 4.63. The molecule has 0 aliphatic rings. The third kappa shape index (κ3) is 3.03. The maximum atomic E-state index is 6.21. The Bertz CT molecular complexity index is 660. The van der Waals surface area contributed by atoms with Gasteiger partial charge in [-0.1, -0.05) is 6.07 Å². The molecular weight excluding hydrogens is 286 g/mol. The van der Waals surface area contributed by atoms with Gasteiger partial charge in [0.05, 0.1) is 0 Å². The normalized spacial score (nSPS) is 12.7. The Morgan fingerprint density at radius 1 is 1.15 bits per heavy atom. The molecular formula is C16H17NOS2. The molecule has 0 saturated heterocycles. The summed E-state index contributed by atoms with van der Waals surface area (Å²) in [4.78, 5) is 1.28. The van der Waals surface area contributed by atoms with Crippen LogP contribution in [0.2, 0.25) is 0 Å². The van der Waals surface area contributed by atoms with Gasteiger partial charge in [0.25, 0.3) is 0 Å². The van der Waals surface area contributed by atoms with Crippen LogP contribution in [0.25, 0.3) is 10.1 Å². The molecule has 20 heavy (non-hydrogen) atoms. The minimum Gasteiger partial charge on any atom is -0.485 e. The van der Waals surface area contributed by atoms with Crippen molar-refractivity contribution in [2.75, 3.05) is 13.6 Å². The van der Waals surface area contributed by atoms with Crippen molar-refractivity contribution in [3.05, 3.63) is 52.0 Å². The average molecular weight is 303 g/mol. The first kappa shape index (κ1) is 13.6. The molecule has 0 aliphatic heterocycles. The molecule has 4 heteroatoms. The van der Waals surface area contributed by atoms with E-state index in [2.05, 4.69) is 52.5 Å². The van der Waals surface area contributed by atoms with Crippen molar-refractivity contribution >= 4 is 32.8 Å². The molecule has 0 saturated carbocycles. The number of nitrogens with one attached hydrogen (secondary N) is 1. The summed E-state index contributed by atoms with van der Waals surface area (Å²) in [5.74, 6) is 0.949. The first-order valence-electron chi connectivity index (χ1n) is 6.69. The highest BCUT2D eigenvalue weighted by Crippen LogP contribution is 2.31. The van der Waals surface area contributed by atoms with Crippen molar-refractivity contribution in [2.45, 2.75) is 12.5 Å². The molecule has 0 spiro atoms. The Hall–Kier alpha value is -1.36. The standard InChI is InChI=1S/C16H17NOS2/c1-17-8-6-14(16-3-2-9-19-16)18-13-4-5-15-12(11-13)7-10-20-15/h2-5,7,9-11,14,17H,6,8H2,1H3/t14-/m0/s1. The van der Waals surface area contributed by atoms with E-state index in [0.29, 0.717) is 0 Å². The van der Waals surface area contributed by atoms with Crippen molar-refractivity contribution in [1.82, 2.24) is 5.32 Å². The van der Waals surface area contributed by atoms with Gasteiger partial charge in [-0.15, -0.1) is 22.7 Å². The van der Waals surface area contributed by atoms with E-state index in [0.717, 1.165) is 18.7 Å². The van der Waals surface area contributed by atoms with E-state index in [4.69, 9.17) is 4.74 Å². The van der Waals surface area contributed by atoms with Gasteiger partial charge >= 0.3 is 0 Å². The largest absolute Gasteiger partial charge is 0.485 e. The molecule has 2 nitrogen and oxygen atoms in total. The maximum absolute atomic E-state index is 6.21. The van der Waals surface area contributed by atoms with Gasteiger partial charge in [-0.25, -0.2) is 0 Å². The van der Waals surface area contributed by atoms with Gasteiger partial charge in [0, 0.05) is 16.0 Å². The minimum absolute atomic E-state index is 0.124.